The van der Waals surface area contributed by atoms with Crippen LogP contribution in [-0.2, 0) is 4.74 Å². The lowest BCUT2D eigenvalue weighted by molar-refractivity contribution is 0.0898. The van der Waals surface area contributed by atoms with Gasteiger partial charge in [-0.15, -0.1) is 0 Å². The standard InChI is InChI=1S/C11H15BrN4O/c12-7-5-14-11(13)16-10(7)15-8-3-4-17-9(8)6-1-2-6/h5-6,8-9H,1-4H2,(H3,13,14,15,16). The number of nitrogens with two attached hydrogens (primary N) is 1. The van der Waals surface area contributed by atoms with Gasteiger partial charge >= 0.3 is 0 Å². The smallest absolute Gasteiger partial charge is 0.221 e. The molecule has 6 heteroatoms. The highest BCUT2D eigenvalue weighted by Crippen LogP contribution is 2.39. The molecule has 2 aliphatic rings. The lowest BCUT2D eigenvalue weighted by atomic mass is 10.1. The van der Waals surface area contributed by atoms with E-state index in [2.05, 4.69) is 31.2 Å². The number of hydrogen-bond donors (Lipinski definition) is 2. The van der Waals surface area contributed by atoms with Gasteiger partial charge in [-0.2, -0.15) is 4.98 Å². The number of nitrogens with zero attached hydrogens (tertiary/aromatic N) is 2. The third-order valence-corrected chi connectivity index (χ3v) is 3.89. The summed E-state index contributed by atoms with van der Waals surface area (Å²) in [4.78, 5) is 8.13. The van der Waals surface area contributed by atoms with Gasteiger partial charge in [-0.25, -0.2) is 4.98 Å². The molecule has 2 heterocycles. The second-order valence-electron chi connectivity index (χ2n) is 4.64. The molecule has 1 aliphatic heterocycles. The fraction of sp³-hybridized carbons (Fsp3) is 0.636. The maximum Gasteiger partial charge on any atom is 0.221 e. The van der Waals surface area contributed by atoms with E-state index in [-0.39, 0.29) is 5.95 Å². The predicted octanol–water partition coefficient (Wildman–Crippen LogP) is 1.80. The van der Waals surface area contributed by atoms with E-state index >= 15 is 0 Å². The Kier molecular flexibility index (Phi) is 2.92. The van der Waals surface area contributed by atoms with E-state index < -0.39 is 0 Å². The Hall–Kier alpha value is -0.880. The van der Waals surface area contributed by atoms with E-state index in [1.165, 1.54) is 12.8 Å². The molecule has 1 aliphatic carbocycles. The van der Waals surface area contributed by atoms with Crippen molar-refractivity contribution in [1.82, 2.24) is 9.97 Å². The van der Waals surface area contributed by atoms with Crippen molar-refractivity contribution in [1.29, 1.82) is 0 Å². The van der Waals surface area contributed by atoms with Crippen molar-refractivity contribution in [2.45, 2.75) is 31.4 Å². The lowest BCUT2D eigenvalue weighted by Gasteiger charge is -2.20. The van der Waals surface area contributed by atoms with Crippen molar-refractivity contribution in [2.75, 3.05) is 17.7 Å². The molecule has 0 amide bonds. The van der Waals surface area contributed by atoms with Crippen LogP contribution in [0.3, 0.4) is 0 Å². The van der Waals surface area contributed by atoms with Gasteiger partial charge in [-0.05, 0) is 41.1 Å². The molecule has 1 aromatic heterocycles. The maximum atomic E-state index is 5.78. The van der Waals surface area contributed by atoms with Crippen molar-refractivity contribution < 1.29 is 4.74 Å². The van der Waals surface area contributed by atoms with Crippen LogP contribution in [0, 0.1) is 5.92 Å². The minimum Gasteiger partial charge on any atom is -0.376 e. The third kappa shape index (κ3) is 2.37. The molecule has 0 bridgehead atoms. The molecule has 2 atom stereocenters. The molecule has 1 aromatic rings. The Morgan fingerprint density at radius 2 is 2.24 bits per heavy atom. The summed E-state index contributed by atoms with van der Waals surface area (Å²) >= 11 is 3.43. The van der Waals surface area contributed by atoms with Crippen LogP contribution in [0.1, 0.15) is 19.3 Å². The molecule has 3 rings (SSSR count). The zero-order chi connectivity index (χ0) is 11.8. The van der Waals surface area contributed by atoms with Gasteiger partial charge in [-0.3, -0.25) is 0 Å². The van der Waals surface area contributed by atoms with Gasteiger partial charge in [0, 0.05) is 12.8 Å². The summed E-state index contributed by atoms with van der Waals surface area (Å²) < 4.78 is 6.62. The van der Waals surface area contributed by atoms with E-state index in [4.69, 9.17) is 10.5 Å². The van der Waals surface area contributed by atoms with Crippen LogP contribution in [0.5, 0.6) is 0 Å². The molecule has 17 heavy (non-hydrogen) atoms. The summed E-state index contributed by atoms with van der Waals surface area (Å²) in [6.07, 6.45) is 5.61. The normalized spacial score (nSPS) is 28.3. The molecule has 0 radical (unpaired) electrons. The minimum atomic E-state index is 0.289. The van der Waals surface area contributed by atoms with Crippen LogP contribution >= 0.6 is 15.9 Å². The van der Waals surface area contributed by atoms with Crippen LogP contribution in [0.2, 0.25) is 0 Å². The number of rotatable bonds is 3. The molecular formula is C11H15BrN4O. The first-order chi connectivity index (χ1) is 8.24. The Labute approximate surface area is 108 Å². The zero-order valence-corrected chi connectivity index (χ0v) is 11.0. The highest BCUT2D eigenvalue weighted by atomic mass is 79.9. The monoisotopic (exact) mass is 298 g/mol. The number of nitrogens with one attached hydrogen (secondary N) is 1. The van der Waals surface area contributed by atoms with Gasteiger partial charge in [0.25, 0.3) is 0 Å². The maximum absolute atomic E-state index is 5.78. The van der Waals surface area contributed by atoms with E-state index in [0.29, 0.717) is 12.1 Å². The summed E-state index contributed by atoms with van der Waals surface area (Å²) in [6, 6.07) is 0.341. The summed E-state index contributed by atoms with van der Waals surface area (Å²) in [6.45, 7) is 0.830. The number of anilines is 2. The Balaban J connectivity index is 1.74. The quantitative estimate of drug-likeness (QED) is 0.890. The van der Waals surface area contributed by atoms with E-state index in [1.54, 1.807) is 6.20 Å². The van der Waals surface area contributed by atoms with Gasteiger partial charge < -0.3 is 15.8 Å². The summed E-state index contributed by atoms with van der Waals surface area (Å²) in [5.41, 5.74) is 5.59. The highest BCUT2D eigenvalue weighted by Gasteiger charge is 2.40. The summed E-state index contributed by atoms with van der Waals surface area (Å²) in [7, 11) is 0. The first-order valence-corrected chi connectivity index (χ1v) is 6.69. The van der Waals surface area contributed by atoms with Gasteiger partial charge in [0.05, 0.1) is 16.6 Å². The minimum absolute atomic E-state index is 0.289. The largest absolute Gasteiger partial charge is 0.376 e. The lowest BCUT2D eigenvalue weighted by Crippen LogP contribution is -2.31. The molecule has 1 saturated carbocycles. The molecule has 0 spiro atoms. The van der Waals surface area contributed by atoms with Crippen LogP contribution in [-0.4, -0.2) is 28.7 Å². The van der Waals surface area contributed by atoms with Gasteiger partial charge in [0.15, 0.2) is 0 Å². The van der Waals surface area contributed by atoms with E-state index in [9.17, 15) is 0 Å². The summed E-state index contributed by atoms with van der Waals surface area (Å²) in [5.74, 6) is 1.78. The highest BCUT2D eigenvalue weighted by molar-refractivity contribution is 9.10. The predicted molar refractivity (Wildman–Crippen MR) is 68.6 cm³/mol. The number of ether oxygens (including phenoxy) is 1. The van der Waals surface area contributed by atoms with E-state index in [1.807, 2.05) is 0 Å². The van der Waals surface area contributed by atoms with Gasteiger partial charge in [-0.1, -0.05) is 0 Å². The van der Waals surface area contributed by atoms with Crippen molar-refractivity contribution in [3.05, 3.63) is 10.7 Å². The Morgan fingerprint density at radius 3 is 3.00 bits per heavy atom. The molecule has 2 fully saturated rings. The molecule has 2 unspecified atom stereocenters. The van der Waals surface area contributed by atoms with Crippen LogP contribution in [0.25, 0.3) is 0 Å². The Bertz CT molecular complexity index is 424. The number of nitrogen functional groups attached to an aromatic ring is 1. The second-order valence-corrected chi connectivity index (χ2v) is 5.49. The molecule has 3 N–H and O–H groups in total. The van der Waals surface area contributed by atoms with Crippen molar-refractivity contribution >= 4 is 27.7 Å². The molecular weight excluding hydrogens is 284 g/mol. The van der Waals surface area contributed by atoms with Crippen LogP contribution < -0.4 is 11.1 Å². The van der Waals surface area contributed by atoms with Crippen molar-refractivity contribution in [3.63, 3.8) is 0 Å². The number of halogens is 1. The van der Waals surface area contributed by atoms with Crippen molar-refractivity contribution in [3.8, 4) is 0 Å². The average Bonchev–Trinajstić information content (AvgIpc) is 3.05. The number of aromatic nitrogens is 2. The van der Waals surface area contributed by atoms with Gasteiger partial charge in [0.1, 0.15) is 5.82 Å². The zero-order valence-electron chi connectivity index (χ0n) is 9.40. The van der Waals surface area contributed by atoms with E-state index in [0.717, 1.165) is 29.2 Å². The fourth-order valence-corrected chi connectivity index (χ4v) is 2.62. The average molecular weight is 299 g/mol. The molecule has 92 valence electrons. The molecule has 1 saturated heterocycles. The molecule has 5 nitrogen and oxygen atoms in total. The van der Waals surface area contributed by atoms with Crippen molar-refractivity contribution in [2.24, 2.45) is 5.92 Å². The molecule has 0 aromatic carbocycles. The topological polar surface area (TPSA) is 73.1 Å². The first kappa shape index (κ1) is 11.2. The third-order valence-electron chi connectivity index (χ3n) is 3.31. The summed E-state index contributed by atoms with van der Waals surface area (Å²) in [5, 5.41) is 3.42. The van der Waals surface area contributed by atoms with Crippen LogP contribution in [0.4, 0.5) is 11.8 Å². The fourth-order valence-electron chi connectivity index (χ4n) is 2.31. The SMILES string of the molecule is Nc1ncc(Br)c(NC2CCOC2C2CC2)n1. The van der Waals surface area contributed by atoms with Gasteiger partial charge in [0.2, 0.25) is 5.95 Å². The second kappa shape index (κ2) is 4.42. The first-order valence-electron chi connectivity index (χ1n) is 5.90. The van der Waals surface area contributed by atoms with Crippen LogP contribution in [0.15, 0.2) is 10.7 Å². The Morgan fingerprint density at radius 1 is 1.41 bits per heavy atom. The number of hydrogen-bond acceptors (Lipinski definition) is 5.